The van der Waals surface area contributed by atoms with Crippen molar-refractivity contribution in [2.24, 2.45) is 0 Å². The molecule has 1 aromatic rings. The summed E-state index contributed by atoms with van der Waals surface area (Å²) in [6.07, 6.45) is 0.173. The minimum atomic E-state index is -1.11. The van der Waals surface area contributed by atoms with Gasteiger partial charge in [0.2, 0.25) is 11.8 Å². The van der Waals surface area contributed by atoms with Gasteiger partial charge in [-0.05, 0) is 12.5 Å². The SMILES string of the molecule is CO[C@@]1(C)S[C@H]2C(NC(=O)Cc3ccccc3)C(=O)N2C1C(=O)O. The molecule has 0 spiro atoms. The van der Waals surface area contributed by atoms with Crippen molar-refractivity contribution in [3.05, 3.63) is 35.9 Å². The Kier molecular flexibility index (Phi) is 4.27. The van der Waals surface area contributed by atoms with E-state index in [1.54, 1.807) is 6.92 Å². The first-order chi connectivity index (χ1) is 11.4. The molecule has 1 aromatic carbocycles. The van der Waals surface area contributed by atoms with E-state index in [1.807, 2.05) is 30.3 Å². The first kappa shape index (κ1) is 16.8. The highest BCUT2D eigenvalue weighted by atomic mass is 32.2. The topological polar surface area (TPSA) is 95.9 Å². The number of β-lactam (4-membered cyclic amide) rings is 1. The number of rotatable bonds is 5. The third-order valence-electron chi connectivity index (χ3n) is 4.37. The van der Waals surface area contributed by atoms with Crippen LogP contribution in [0.1, 0.15) is 12.5 Å². The molecule has 2 heterocycles. The molecule has 24 heavy (non-hydrogen) atoms. The van der Waals surface area contributed by atoms with E-state index in [0.717, 1.165) is 5.56 Å². The summed E-state index contributed by atoms with van der Waals surface area (Å²) in [6.45, 7) is 1.64. The maximum Gasteiger partial charge on any atom is 0.330 e. The van der Waals surface area contributed by atoms with E-state index in [1.165, 1.54) is 23.8 Å². The van der Waals surface area contributed by atoms with Crippen LogP contribution in [0.2, 0.25) is 0 Å². The van der Waals surface area contributed by atoms with Gasteiger partial charge in [0.25, 0.3) is 0 Å². The van der Waals surface area contributed by atoms with E-state index in [0.29, 0.717) is 0 Å². The largest absolute Gasteiger partial charge is 0.480 e. The van der Waals surface area contributed by atoms with E-state index in [2.05, 4.69) is 5.32 Å². The summed E-state index contributed by atoms with van der Waals surface area (Å²) in [7, 11) is 1.42. The smallest absolute Gasteiger partial charge is 0.330 e. The minimum absolute atomic E-state index is 0.173. The standard InChI is InChI=1S/C16H18N2O5S/c1-16(23-2)12(15(21)22)18-13(20)11(14(18)24-16)17-10(19)8-9-6-4-3-5-7-9/h3-7,11-12,14H,8H2,1-2H3,(H,17,19)(H,21,22)/t11?,12?,14-,16-/m0/s1. The molecule has 2 amide bonds. The van der Waals surface area contributed by atoms with Crippen molar-refractivity contribution < 1.29 is 24.2 Å². The molecule has 2 aliphatic heterocycles. The summed E-state index contributed by atoms with van der Waals surface area (Å²) in [5.74, 6) is -1.77. The van der Waals surface area contributed by atoms with Crippen LogP contribution >= 0.6 is 11.8 Å². The van der Waals surface area contributed by atoms with Gasteiger partial charge in [0, 0.05) is 7.11 Å². The lowest BCUT2D eigenvalue weighted by Crippen LogP contribution is -2.70. The quantitative estimate of drug-likeness (QED) is 0.749. The first-order valence-electron chi connectivity index (χ1n) is 7.48. The Morgan fingerprint density at radius 3 is 2.62 bits per heavy atom. The number of nitrogens with zero attached hydrogens (tertiary/aromatic N) is 1. The third kappa shape index (κ3) is 2.65. The van der Waals surface area contributed by atoms with Gasteiger partial charge in [-0.2, -0.15) is 0 Å². The molecular weight excluding hydrogens is 332 g/mol. The van der Waals surface area contributed by atoms with Crippen LogP contribution in [0, 0.1) is 0 Å². The number of aliphatic carboxylic acids is 1. The number of carbonyl (C=O) groups excluding carboxylic acids is 2. The van der Waals surface area contributed by atoms with Crippen molar-refractivity contribution in [2.45, 2.75) is 35.7 Å². The van der Waals surface area contributed by atoms with Crippen molar-refractivity contribution in [1.82, 2.24) is 10.2 Å². The highest BCUT2D eigenvalue weighted by Gasteiger charge is 2.66. The molecule has 3 rings (SSSR count). The number of nitrogens with one attached hydrogen (secondary N) is 1. The first-order valence-corrected chi connectivity index (χ1v) is 8.36. The predicted molar refractivity (Wildman–Crippen MR) is 87.1 cm³/mol. The number of hydrogen-bond acceptors (Lipinski definition) is 5. The van der Waals surface area contributed by atoms with Gasteiger partial charge in [0.1, 0.15) is 16.3 Å². The van der Waals surface area contributed by atoms with Crippen LogP contribution in [0.15, 0.2) is 30.3 Å². The Bertz CT molecular complexity index is 682. The van der Waals surface area contributed by atoms with Gasteiger partial charge in [-0.15, -0.1) is 0 Å². The number of carboxylic acid groups (broad SMARTS) is 1. The Morgan fingerprint density at radius 1 is 1.38 bits per heavy atom. The lowest BCUT2D eigenvalue weighted by atomic mass is 10.0. The number of thioether (sulfide) groups is 1. The Morgan fingerprint density at radius 2 is 2.04 bits per heavy atom. The fraction of sp³-hybridized carbons (Fsp3) is 0.438. The number of amides is 2. The van der Waals surface area contributed by atoms with Crippen LogP contribution in [0.3, 0.4) is 0 Å². The fourth-order valence-electron chi connectivity index (χ4n) is 3.08. The number of fused-ring (bicyclic) bond motifs is 1. The van der Waals surface area contributed by atoms with Gasteiger partial charge in [-0.1, -0.05) is 42.1 Å². The highest BCUT2D eigenvalue weighted by molar-refractivity contribution is 8.01. The van der Waals surface area contributed by atoms with Crippen LogP contribution in [-0.2, 0) is 25.5 Å². The Balaban J connectivity index is 1.69. The molecule has 0 radical (unpaired) electrons. The zero-order valence-corrected chi connectivity index (χ0v) is 14.1. The molecule has 128 valence electrons. The summed E-state index contributed by atoms with van der Waals surface area (Å²) < 4.78 is 5.33. The molecule has 0 aliphatic carbocycles. The summed E-state index contributed by atoms with van der Waals surface area (Å²) in [4.78, 5) is 36.2. The summed E-state index contributed by atoms with van der Waals surface area (Å²) in [6, 6.07) is 7.43. The number of carbonyl (C=O) groups is 3. The second-order valence-electron chi connectivity index (χ2n) is 5.92. The summed E-state index contributed by atoms with van der Waals surface area (Å²) >= 11 is 1.25. The van der Waals surface area contributed by atoms with Crippen molar-refractivity contribution in [3.8, 4) is 0 Å². The lowest BCUT2D eigenvalue weighted by Gasteiger charge is -2.43. The molecule has 2 N–H and O–H groups in total. The molecule has 8 heteroatoms. The van der Waals surface area contributed by atoms with Crippen molar-refractivity contribution in [2.75, 3.05) is 7.11 Å². The lowest BCUT2D eigenvalue weighted by molar-refractivity contribution is -0.166. The average molecular weight is 350 g/mol. The van der Waals surface area contributed by atoms with E-state index >= 15 is 0 Å². The fourth-order valence-corrected chi connectivity index (χ4v) is 4.66. The van der Waals surface area contributed by atoms with E-state index < -0.39 is 28.4 Å². The van der Waals surface area contributed by atoms with Crippen molar-refractivity contribution in [1.29, 1.82) is 0 Å². The average Bonchev–Trinajstić information content (AvgIpc) is 2.84. The van der Waals surface area contributed by atoms with Crippen LogP contribution < -0.4 is 5.32 Å². The van der Waals surface area contributed by atoms with Gasteiger partial charge < -0.3 is 20.1 Å². The number of hydrogen-bond donors (Lipinski definition) is 2. The molecular formula is C16H18N2O5S. The number of benzene rings is 1. The maximum atomic E-state index is 12.3. The van der Waals surface area contributed by atoms with Crippen LogP contribution in [0.5, 0.6) is 0 Å². The van der Waals surface area contributed by atoms with Crippen molar-refractivity contribution in [3.63, 3.8) is 0 Å². The Labute approximate surface area is 143 Å². The number of methoxy groups -OCH3 is 1. The monoisotopic (exact) mass is 350 g/mol. The second kappa shape index (κ2) is 6.10. The molecule has 2 saturated heterocycles. The normalized spacial score (nSPS) is 31.3. The second-order valence-corrected chi connectivity index (χ2v) is 7.45. The predicted octanol–water partition coefficient (Wildman–Crippen LogP) is 0.445. The van der Waals surface area contributed by atoms with Gasteiger partial charge >= 0.3 is 5.97 Å². The third-order valence-corrected chi connectivity index (χ3v) is 5.97. The van der Waals surface area contributed by atoms with E-state index in [9.17, 15) is 19.5 Å². The highest BCUT2D eigenvalue weighted by Crippen LogP contribution is 2.51. The molecule has 2 aliphatic rings. The van der Waals surface area contributed by atoms with Gasteiger partial charge in [-0.3, -0.25) is 9.59 Å². The molecule has 2 fully saturated rings. The minimum Gasteiger partial charge on any atom is -0.480 e. The van der Waals surface area contributed by atoms with Crippen LogP contribution in [0.25, 0.3) is 0 Å². The van der Waals surface area contributed by atoms with E-state index in [-0.39, 0.29) is 18.2 Å². The number of carboxylic acids is 1. The molecule has 4 atom stereocenters. The molecule has 7 nitrogen and oxygen atoms in total. The molecule has 0 saturated carbocycles. The molecule has 0 bridgehead atoms. The van der Waals surface area contributed by atoms with Crippen molar-refractivity contribution >= 4 is 29.5 Å². The van der Waals surface area contributed by atoms with Gasteiger partial charge in [0.15, 0.2) is 6.04 Å². The molecule has 2 unspecified atom stereocenters. The number of ether oxygens (including phenoxy) is 1. The van der Waals surface area contributed by atoms with Gasteiger partial charge in [-0.25, -0.2) is 4.79 Å². The van der Waals surface area contributed by atoms with Crippen LogP contribution in [0.4, 0.5) is 0 Å². The Hall–Kier alpha value is -2.06. The maximum absolute atomic E-state index is 12.3. The zero-order valence-electron chi connectivity index (χ0n) is 13.3. The van der Waals surface area contributed by atoms with Crippen LogP contribution in [-0.4, -0.2) is 57.3 Å². The van der Waals surface area contributed by atoms with Gasteiger partial charge in [0.05, 0.1) is 6.42 Å². The zero-order chi connectivity index (χ0) is 17.5. The van der Waals surface area contributed by atoms with E-state index in [4.69, 9.17) is 4.74 Å². The summed E-state index contributed by atoms with van der Waals surface area (Å²) in [5.41, 5.74) is 0.850. The summed E-state index contributed by atoms with van der Waals surface area (Å²) in [5, 5.41) is 11.7. The molecule has 0 aromatic heterocycles.